The molecule has 0 saturated heterocycles. The van der Waals surface area contributed by atoms with Crippen molar-refractivity contribution >= 4 is 16.8 Å². The molecule has 0 bridgehead atoms. The molecule has 1 unspecified atom stereocenters. The molecule has 1 atom stereocenters. The minimum absolute atomic E-state index is 0.366. The monoisotopic (exact) mass is 302 g/mol. The van der Waals surface area contributed by atoms with Crippen molar-refractivity contribution in [3.05, 3.63) is 71.8 Å². The Labute approximate surface area is 136 Å². The number of hydrogen-bond acceptors (Lipinski definition) is 2. The largest absolute Gasteiger partial charge is 0.459 e. The molecule has 23 heavy (non-hydrogen) atoms. The summed E-state index contributed by atoms with van der Waals surface area (Å²) in [6.07, 6.45) is 3.85. The first-order valence-corrected chi connectivity index (χ1v) is 7.80. The zero-order chi connectivity index (χ0) is 15.8. The first-order valence-electron chi connectivity index (χ1n) is 7.80. The van der Waals surface area contributed by atoms with Gasteiger partial charge in [0.1, 0.15) is 5.75 Å². The molecule has 0 radical (unpaired) electrons. The van der Waals surface area contributed by atoms with Gasteiger partial charge in [-0.25, -0.2) is 0 Å². The minimum Gasteiger partial charge on any atom is -0.459 e. The fourth-order valence-electron chi connectivity index (χ4n) is 3.31. The molecule has 1 aliphatic heterocycles. The predicted octanol–water partition coefficient (Wildman–Crippen LogP) is 5.58. The first kappa shape index (κ1) is 14.0. The molecule has 3 aromatic rings. The highest BCUT2D eigenvalue weighted by Crippen LogP contribution is 2.47. The maximum atomic E-state index is 6.21. The highest BCUT2D eigenvalue weighted by Gasteiger charge is 2.27. The van der Waals surface area contributed by atoms with Crippen LogP contribution in [-0.4, -0.2) is 7.11 Å². The van der Waals surface area contributed by atoms with Gasteiger partial charge >= 0.3 is 0 Å². The molecular weight excluding hydrogens is 284 g/mol. The van der Waals surface area contributed by atoms with E-state index < -0.39 is 0 Å². The van der Waals surface area contributed by atoms with Crippen LogP contribution in [0.1, 0.15) is 24.3 Å². The van der Waals surface area contributed by atoms with Crippen molar-refractivity contribution in [3.8, 4) is 16.9 Å². The van der Waals surface area contributed by atoms with Crippen LogP contribution in [0.15, 0.2) is 60.7 Å². The number of allylic oxidation sites excluding steroid dienone is 1. The number of ether oxygens (including phenoxy) is 2. The highest BCUT2D eigenvalue weighted by atomic mass is 16.7. The number of rotatable bonds is 2. The van der Waals surface area contributed by atoms with Crippen LogP contribution in [0, 0.1) is 0 Å². The Balaban J connectivity index is 2.09. The van der Waals surface area contributed by atoms with Crippen LogP contribution in [0.3, 0.4) is 0 Å². The normalized spacial score (nSPS) is 16.2. The lowest BCUT2D eigenvalue weighted by molar-refractivity contribution is -0.0568. The van der Waals surface area contributed by atoms with E-state index in [9.17, 15) is 0 Å². The number of fused-ring (bicyclic) bond motifs is 5. The average molecular weight is 302 g/mol. The Morgan fingerprint density at radius 3 is 2.48 bits per heavy atom. The van der Waals surface area contributed by atoms with Crippen molar-refractivity contribution in [2.45, 2.75) is 13.2 Å². The van der Waals surface area contributed by atoms with Crippen LogP contribution in [-0.2, 0) is 4.74 Å². The lowest BCUT2D eigenvalue weighted by Gasteiger charge is -2.29. The SMILES string of the molecule is CC=Cc1cc2c(c3ccccc13)OC(OC)c1ccccc1-2. The summed E-state index contributed by atoms with van der Waals surface area (Å²) in [6, 6.07) is 18.9. The molecule has 0 N–H and O–H groups in total. The van der Waals surface area contributed by atoms with Gasteiger partial charge in [-0.3, -0.25) is 0 Å². The van der Waals surface area contributed by atoms with Crippen LogP contribution in [0.4, 0.5) is 0 Å². The maximum absolute atomic E-state index is 6.21. The smallest absolute Gasteiger partial charge is 0.227 e. The van der Waals surface area contributed by atoms with E-state index in [2.05, 4.69) is 54.6 Å². The molecule has 3 aromatic carbocycles. The van der Waals surface area contributed by atoms with Gasteiger partial charge in [0, 0.05) is 23.6 Å². The van der Waals surface area contributed by atoms with Crippen molar-refractivity contribution in [3.63, 3.8) is 0 Å². The number of methoxy groups -OCH3 is 1. The second-order valence-electron chi connectivity index (χ2n) is 5.66. The Bertz CT molecular complexity index is 909. The Kier molecular flexibility index (Phi) is 3.40. The van der Waals surface area contributed by atoms with Gasteiger partial charge in [0.15, 0.2) is 0 Å². The fraction of sp³-hybridized carbons (Fsp3) is 0.143. The Morgan fingerprint density at radius 2 is 1.70 bits per heavy atom. The molecule has 0 spiro atoms. The van der Waals surface area contributed by atoms with E-state index in [-0.39, 0.29) is 6.29 Å². The topological polar surface area (TPSA) is 18.5 Å². The third-order valence-electron chi connectivity index (χ3n) is 4.32. The highest BCUT2D eigenvalue weighted by molar-refractivity contribution is 6.01. The molecule has 1 heterocycles. The second-order valence-corrected chi connectivity index (χ2v) is 5.66. The van der Waals surface area contributed by atoms with E-state index in [0.717, 1.165) is 22.3 Å². The molecule has 2 heteroatoms. The maximum Gasteiger partial charge on any atom is 0.227 e. The average Bonchev–Trinajstić information content (AvgIpc) is 2.61. The lowest BCUT2D eigenvalue weighted by Crippen LogP contribution is -2.16. The van der Waals surface area contributed by atoms with Gasteiger partial charge in [-0.2, -0.15) is 0 Å². The van der Waals surface area contributed by atoms with Gasteiger partial charge in [0.25, 0.3) is 0 Å². The van der Waals surface area contributed by atoms with Gasteiger partial charge in [-0.15, -0.1) is 0 Å². The molecule has 1 aliphatic rings. The van der Waals surface area contributed by atoms with Gasteiger partial charge in [0.2, 0.25) is 6.29 Å². The molecule has 0 fully saturated rings. The Hall–Kier alpha value is -2.58. The van der Waals surface area contributed by atoms with Crippen LogP contribution in [0.2, 0.25) is 0 Å². The van der Waals surface area contributed by atoms with Crippen molar-refractivity contribution in [1.82, 2.24) is 0 Å². The molecule has 2 nitrogen and oxygen atoms in total. The summed E-state index contributed by atoms with van der Waals surface area (Å²) in [5, 5.41) is 2.31. The lowest BCUT2D eigenvalue weighted by atomic mass is 9.90. The molecular formula is C21H18O2. The summed E-state index contributed by atoms with van der Waals surface area (Å²) >= 11 is 0. The van der Waals surface area contributed by atoms with E-state index in [0.29, 0.717) is 0 Å². The van der Waals surface area contributed by atoms with Gasteiger partial charge in [0.05, 0.1) is 0 Å². The summed E-state index contributed by atoms with van der Waals surface area (Å²) in [6.45, 7) is 2.04. The zero-order valence-corrected chi connectivity index (χ0v) is 13.2. The van der Waals surface area contributed by atoms with Crippen LogP contribution in [0.25, 0.3) is 28.0 Å². The predicted molar refractivity (Wildman–Crippen MR) is 94.5 cm³/mol. The van der Waals surface area contributed by atoms with Crippen LogP contribution >= 0.6 is 0 Å². The van der Waals surface area contributed by atoms with E-state index >= 15 is 0 Å². The van der Waals surface area contributed by atoms with Crippen molar-refractivity contribution in [1.29, 1.82) is 0 Å². The molecule has 0 amide bonds. The quantitative estimate of drug-likeness (QED) is 0.615. The summed E-state index contributed by atoms with van der Waals surface area (Å²) in [7, 11) is 1.68. The van der Waals surface area contributed by atoms with Crippen LogP contribution < -0.4 is 4.74 Å². The first-order chi connectivity index (χ1) is 11.3. The number of hydrogen-bond donors (Lipinski definition) is 0. The Morgan fingerprint density at radius 1 is 0.957 bits per heavy atom. The van der Waals surface area contributed by atoms with E-state index in [1.165, 1.54) is 16.5 Å². The molecule has 4 rings (SSSR count). The van der Waals surface area contributed by atoms with Crippen molar-refractivity contribution in [2.24, 2.45) is 0 Å². The molecule has 0 saturated carbocycles. The van der Waals surface area contributed by atoms with E-state index in [1.54, 1.807) is 7.11 Å². The van der Waals surface area contributed by atoms with Crippen LogP contribution in [0.5, 0.6) is 5.75 Å². The summed E-state index contributed by atoms with van der Waals surface area (Å²) in [4.78, 5) is 0. The summed E-state index contributed by atoms with van der Waals surface area (Å²) in [5.41, 5.74) is 4.58. The molecule has 0 aliphatic carbocycles. The minimum atomic E-state index is -0.366. The standard InChI is InChI=1S/C21H18O2/c1-3-8-14-13-19-16-10-5-7-12-18(16)21(22-2)23-20(19)17-11-6-4-9-15(14)17/h3-13,21H,1-2H3. The van der Waals surface area contributed by atoms with Gasteiger partial charge < -0.3 is 9.47 Å². The van der Waals surface area contributed by atoms with Crippen molar-refractivity contribution < 1.29 is 9.47 Å². The summed E-state index contributed by atoms with van der Waals surface area (Å²) < 4.78 is 11.8. The van der Waals surface area contributed by atoms with Gasteiger partial charge in [-0.05, 0) is 29.5 Å². The molecule has 114 valence electrons. The van der Waals surface area contributed by atoms with Gasteiger partial charge in [-0.1, -0.05) is 60.7 Å². The zero-order valence-electron chi connectivity index (χ0n) is 13.2. The third kappa shape index (κ3) is 2.14. The fourth-order valence-corrected chi connectivity index (χ4v) is 3.31. The number of benzene rings is 3. The van der Waals surface area contributed by atoms with E-state index in [4.69, 9.17) is 9.47 Å². The van der Waals surface area contributed by atoms with Crippen molar-refractivity contribution in [2.75, 3.05) is 7.11 Å². The third-order valence-corrected chi connectivity index (χ3v) is 4.32. The molecule has 0 aromatic heterocycles. The second kappa shape index (κ2) is 5.56. The summed E-state index contributed by atoms with van der Waals surface area (Å²) in [5.74, 6) is 0.902. The van der Waals surface area contributed by atoms with E-state index in [1.807, 2.05) is 19.1 Å².